The molecule has 0 aliphatic carbocycles. The quantitative estimate of drug-likeness (QED) is 0.892. The van der Waals surface area contributed by atoms with Crippen LogP contribution in [0.2, 0.25) is 0 Å². The Bertz CT molecular complexity index is 656. The maximum atomic E-state index is 13.7. The van der Waals surface area contributed by atoms with Crippen molar-refractivity contribution >= 4 is 5.91 Å². The summed E-state index contributed by atoms with van der Waals surface area (Å²) in [5.41, 5.74) is -0.224. The number of hydrogen-bond donors (Lipinski definition) is 2. The highest BCUT2D eigenvalue weighted by molar-refractivity contribution is 5.94. The maximum Gasteiger partial charge on any atom is 0.254 e. The van der Waals surface area contributed by atoms with E-state index in [1.54, 1.807) is 19.1 Å². The van der Waals surface area contributed by atoms with Crippen molar-refractivity contribution in [2.75, 3.05) is 0 Å². The van der Waals surface area contributed by atoms with Gasteiger partial charge in [-0.2, -0.15) is 0 Å². The van der Waals surface area contributed by atoms with Gasteiger partial charge in [0, 0.05) is 12.5 Å². The van der Waals surface area contributed by atoms with Crippen molar-refractivity contribution in [3.05, 3.63) is 59.1 Å². The molecule has 1 amide bonds. The van der Waals surface area contributed by atoms with Crippen molar-refractivity contribution < 1.29 is 23.1 Å². The Morgan fingerprint density at radius 1 is 1.36 bits per heavy atom. The van der Waals surface area contributed by atoms with Crippen molar-refractivity contribution in [2.45, 2.75) is 32.4 Å². The third kappa shape index (κ3) is 3.71. The third-order valence-electron chi connectivity index (χ3n) is 3.32. The van der Waals surface area contributed by atoms with Gasteiger partial charge in [0.05, 0.1) is 11.8 Å². The van der Waals surface area contributed by atoms with Gasteiger partial charge in [-0.15, -0.1) is 0 Å². The van der Waals surface area contributed by atoms with E-state index in [-0.39, 0.29) is 17.5 Å². The van der Waals surface area contributed by atoms with Crippen LogP contribution in [0.3, 0.4) is 0 Å². The van der Waals surface area contributed by atoms with Crippen molar-refractivity contribution in [3.63, 3.8) is 0 Å². The first-order valence-corrected chi connectivity index (χ1v) is 6.86. The number of halogens is 2. The van der Waals surface area contributed by atoms with Crippen molar-refractivity contribution in [1.29, 1.82) is 0 Å². The van der Waals surface area contributed by atoms with Crippen LogP contribution in [0.5, 0.6) is 0 Å². The summed E-state index contributed by atoms with van der Waals surface area (Å²) in [5, 5.41) is 12.4. The number of amides is 1. The van der Waals surface area contributed by atoms with Gasteiger partial charge in [-0.3, -0.25) is 4.79 Å². The van der Waals surface area contributed by atoms with E-state index < -0.39 is 29.7 Å². The molecular formula is C16H17F2NO3. The van der Waals surface area contributed by atoms with Crippen molar-refractivity contribution in [3.8, 4) is 0 Å². The molecule has 1 aromatic carbocycles. The highest BCUT2D eigenvalue weighted by Gasteiger charge is 2.19. The molecule has 2 rings (SSSR count). The molecule has 4 nitrogen and oxygen atoms in total. The minimum absolute atomic E-state index is 0.135. The molecule has 2 N–H and O–H groups in total. The zero-order valence-corrected chi connectivity index (χ0v) is 12.3. The lowest BCUT2D eigenvalue weighted by atomic mass is 10.1. The minimum Gasteiger partial charge on any atom is -0.467 e. The number of nitrogens with one attached hydrogen (secondary N) is 1. The smallest absolute Gasteiger partial charge is 0.254 e. The molecule has 0 aliphatic heterocycles. The van der Waals surface area contributed by atoms with E-state index in [4.69, 9.17) is 4.42 Å². The Morgan fingerprint density at radius 2 is 2.09 bits per heavy atom. The number of aryl methyl sites for hydroxylation is 1. The van der Waals surface area contributed by atoms with E-state index in [2.05, 4.69) is 5.32 Å². The monoisotopic (exact) mass is 309 g/mol. The Labute approximate surface area is 126 Å². The molecule has 2 aromatic rings. The molecule has 2 unspecified atom stereocenters. The first-order valence-electron chi connectivity index (χ1n) is 6.86. The molecular weight excluding hydrogens is 292 g/mol. The molecule has 6 heteroatoms. The van der Waals surface area contributed by atoms with E-state index in [1.165, 1.54) is 13.2 Å². The molecule has 0 aliphatic rings. The standard InChI is InChI=1S/C16H17F2NO3/c1-9-6-13(18)11(8-12(9)17)16(21)19-10(2)7-14(20)15-4-3-5-22-15/h3-6,8,10,14,20H,7H2,1-2H3,(H,19,21). The molecule has 22 heavy (non-hydrogen) atoms. The van der Waals surface area contributed by atoms with Crippen molar-refractivity contribution in [1.82, 2.24) is 5.32 Å². The second-order valence-electron chi connectivity index (χ2n) is 5.22. The van der Waals surface area contributed by atoms with Crippen LogP contribution < -0.4 is 5.32 Å². The fraction of sp³-hybridized carbons (Fsp3) is 0.312. The lowest BCUT2D eigenvalue weighted by molar-refractivity contribution is 0.0899. The van der Waals surface area contributed by atoms with Crippen LogP contribution >= 0.6 is 0 Å². The number of benzene rings is 1. The molecule has 118 valence electrons. The summed E-state index contributed by atoms with van der Waals surface area (Å²) in [6.45, 7) is 3.08. The largest absolute Gasteiger partial charge is 0.467 e. The van der Waals surface area contributed by atoms with Crippen molar-refractivity contribution in [2.24, 2.45) is 0 Å². The fourth-order valence-corrected chi connectivity index (χ4v) is 2.11. The summed E-state index contributed by atoms with van der Waals surface area (Å²) in [6.07, 6.45) is 0.742. The highest BCUT2D eigenvalue weighted by atomic mass is 19.1. The van der Waals surface area contributed by atoms with E-state index in [1.807, 2.05) is 0 Å². The van der Waals surface area contributed by atoms with E-state index in [9.17, 15) is 18.7 Å². The maximum absolute atomic E-state index is 13.7. The van der Waals surface area contributed by atoms with Gasteiger partial charge in [0.25, 0.3) is 5.91 Å². The molecule has 1 heterocycles. The second-order valence-corrected chi connectivity index (χ2v) is 5.22. The predicted octanol–water partition coefficient (Wildman–Crippen LogP) is 3.11. The van der Waals surface area contributed by atoms with Gasteiger partial charge < -0.3 is 14.8 Å². The van der Waals surface area contributed by atoms with Crippen LogP contribution in [0.1, 0.15) is 41.1 Å². The Balaban J connectivity index is 2.01. The number of carbonyl (C=O) groups excluding carboxylic acids is 1. The van der Waals surface area contributed by atoms with Crippen LogP contribution in [-0.2, 0) is 0 Å². The van der Waals surface area contributed by atoms with Crippen LogP contribution in [0, 0.1) is 18.6 Å². The fourth-order valence-electron chi connectivity index (χ4n) is 2.11. The van der Waals surface area contributed by atoms with Crippen LogP contribution in [-0.4, -0.2) is 17.1 Å². The lowest BCUT2D eigenvalue weighted by Crippen LogP contribution is -2.34. The van der Waals surface area contributed by atoms with E-state index in [0.717, 1.165) is 12.1 Å². The minimum atomic E-state index is -0.884. The Morgan fingerprint density at radius 3 is 2.73 bits per heavy atom. The van der Waals surface area contributed by atoms with Crippen LogP contribution in [0.15, 0.2) is 34.9 Å². The molecule has 0 fully saturated rings. The third-order valence-corrected chi connectivity index (χ3v) is 3.32. The lowest BCUT2D eigenvalue weighted by Gasteiger charge is -2.17. The Kier molecular flexibility index (Phi) is 4.92. The second kappa shape index (κ2) is 6.70. The summed E-state index contributed by atoms with van der Waals surface area (Å²) in [6, 6.07) is 4.67. The Hall–Kier alpha value is -2.21. The highest BCUT2D eigenvalue weighted by Crippen LogP contribution is 2.19. The molecule has 1 aromatic heterocycles. The summed E-state index contributed by atoms with van der Waals surface area (Å²) >= 11 is 0. The van der Waals surface area contributed by atoms with Gasteiger partial charge in [-0.1, -0.05) is 0 Å². The molecule has 0 saturated carbocycles. The molecule has 2 atom stereocenters. The number of furan rings is 1. The van der Waals surface area contributed by atoms with Gasteiger partial charge in [-0.25, -0.2) is 8.78 Å². The van der Waals surface area contributed by atoms with E-state index >= 15 is 0 Å². The van der Waals surface area contributed by atoms with Gasteiger partial charge in [-0.05, 0) is 43.7 Å². The topological polar surface area (TPSA) is 62.5 Å². The molecule has 0 bridgehead atoms. The zero-order valence-electron chi connectivity index (χ0n) is 12.3. The number of rotatable bonds is 5. The van der Waals surface area contributed by atoms with Gasteiger partial charge in [0.1, 0.15) is 23.5 Å². The summed E-state index contributed by atoms with van der Waals surface area (Å²) in [4.78, 5) is 12.0. The molecule has 0 saturated heterocycles. The predicted molar refractivity (Wildman–Crippen MR) is 76.3 cm³/mol. The number of carbonyl (C=O) groups is 1. The SMILES string of the molecule is Cc1cc(F)c(C(=O)NC(C)CC(O)c2ccco2)cc1F. The molecule has 0 spiro atoms. The van der Waals surface area contributed by atoms with Gasteiger partial charge in [0.15, 0.2) is 0 Å². The average Bonchev–Trinajstić information content (AvgIpc) is 2.96. The normalized spacial score (nSPS) is 13.7. The van der Waals surface area contributed by atoms with Gasteiger partial charge in [0.2, 0.25) is 0 Å². The summed E-state index contributed by atoms with van der Waals surface area (Å²) in [5.74, 6) is -1.77. The molecule has 0 radical (unpaired) electrons. The van der Waals surface area contributed by atoms with Crippen LogP contribution in [0.4, 0.5) is 8.78 Å². The number of aliphatic hydroxyl groups is 1. The summed E-state index contributed by atoms with van der Waals surface area (Å²) in [7, 11) is 0. The van der Waals surface area contributed by atoms with Gasteiger partial charge >= 0.3 is 0 Å². The number of hydrogen-bond acceptors (Lipinski definition) is 3. The number of aliphatic hydroxyl groups excluding tert-OH is 1. The van der Waals surface area contributed by atoms with E-state index in [0.29, 0.717) is 5.76 Å². The van der Waals surface area contributed by atoms with Crippen LogP contribution in [0.25, 0.3) is 0 Å². The first-order chi connectivity index (χ1) is 10.4. The first kappa shape index (κ1) is 16.2. The summed E-state index contributed by atoms with van der Waals surface area (Å²) < 4.78 is 32.2. The average molecular weight is 309 g/mol. The zero-order chi connectivity index (χ0) is 16.3.